The van der Waals surface area contributed by atoms with Gasteiger partial charge in [-0.25, -0.2) is 4.98 Å². The van der Waals surface area contributed by atoms with E-state index in [1.54, 1.807) is 18.3 Å². The van der Waals surface area contributed by atoms with Crippen LogP contribution in [-0.4, -0.2) is 35.7 Å². The SMILES string of the molecule is CC(C)NC(=O)c1ccnc(NCC2(C)CCCO2)c1. The maximum atomic E-state index is 11.9. The van der Waals surface area contributed by atoms with Crippen molar-refractivity contribution in [3.63, 3.8) is 0 Å². The summed E-state index contributed by atoms with van der Waals surface area (Å²) >= 11 is 0. The first-order valence-corrected chi connectivity index (χ1v) is 7.13. The molecule has 2 heterocycles. The first kappa shape index (κ1) is 14.8. The third kappa shape index (κ3) is 3.93. The van der Waals surface area contributed by atoms with E-state index in [0.29, 0.717) is 17.9 Å². The molecule has 2 N–H and O–H groups in total. The number of carbonyl (C=O) groups is 1. The summed E-state index contributed by atoms with van der Waals surface area (Å²) in [5.41, 5.74) is 0.492. The molecule has 2 rings (SSSR count). The summed E-state index contributed by atoms with van der Waals surface area (Å²) in [6.07, 6.45) is 3.80. The van der Waals surface area contributed by atoms with Crippen LogP contribution in [0.25, 0.3) is 0 Å². The number of hydrogen-bond donors (Lipinski definition) is 2. The zero-order chi connectivity index (χ0) is 14.6. The molecular formula is C15H23N3O2. The Bertz CT molecular complexity index is 468. The van der Waals surface area contributed by atoms with E-state index in [1.165, 1.54) is 0 Å². The average molecular weight is 277 g/mol. The van der Waals surface area contributed by atoms with Gasteiger partial charge in [0.05, 0.1) is 5.60 Å². The summed E-state index contributed by atoms with van der Waals surface area (Å²) < 4.78 is 5.72. The van der Waals surface area contributed by atoms with E-state index in [1.807, 2.05) is 13.8 Å². The van der Waals surface area contributed by atoms with Crippen molar-refractivity contribution in [2.45, 2.75) is 45.3 Å². The minimum atomic E-state index is -0.127. The molecule has 0 bridgehead atoms. The number of ether oxygens (including phenoxy) is 1. The number of hydrogen-bond acceptors (Lipinski definition) is 4. The van der Waals surface area contributed by atoms with Crippen LogP contribution in [0, 0.1) is 0 Å². The topological polar surface area (TPSA) is 63.2 Å². The Hall–Kier alpha value is -1.62. The van der Waals surface area contributed by atoms with Gasteiger partial charge < -0.3 is 15.4 Å². The summed E-state index contributed by atoms with van der Waals surface area (Å²) in [4.78, 5) is 16.2. The number of amides is 1. The number of aromatic nitrogens is 1. The normalized spacial score (nSPS) is 22.0. The molecule has 1 aliphatic heterocycles. The van der Waals surface area contributed by atoms with E-state index in [4.69, 9.17) is 4.74 Å². The molecule has 1 aliphatic rings. The van der Waals surface area contributed by atoms with Gasteiger partial charge in [-0.05, 0) is 45.7 Å². The number of nitrogens with zero attached hydrogens (tertiary/aromatic N) is 1. The van der Waals surface area contributed by atoms with Gasteiger partial charge in [0.15, 0.2) is 0 Å². The molecule has 0 spiro atoms. The molecular weight excluding hydrogens is 254 g/mol. The Morgan fingerprint density at radius 3 is 3.00 bits per heavy atom. The van der Waals surface area contributed by atoms with Gasteiger partial charge in [0.1, 0.15) is 5.82 Å². The summed E-state index contributed by atoms with van der Waals surface area (Å²) in [6.45, 7) is 7.51. The molecule has 20 heavy (non-hydrogen) atoms. The molecule has 1 amide bonds. The zero-order valence-corrected chi connectivity index (χ0v) is 12.4. The standard InChI is InChI=1S/C15H23N3O2/c1-11(2)18-14(19)12-5-7-16-13(9-12)17-10-15(3)6-4-8-20-15/h5,7,9,11H,4,6,8,10H2,1-3H3,(H,16,17)(H,18,19). The molecule has 1 fully saturated rings. The van der Waals surface area contributed by atoms with Gasteiger partial charge in [-0.1, -0.05) is 0 Å². The van der Waals surface area contributed by atoms with Crippen molar-refractivity contribution < 1.29 is 9.53 Å². The number of nitrogens with one attached hydrogen (secondary N) is 2. The fraction of sp³-hybridized carbons (Fsp3) is 0.600. The molecule has 0 aromatic carbocycles. The van der Waals surface area contributed by atoms with Crippen LogP contribution in [0.15, 0.2) is 18.3 Å². The lowest BCUT2D eigenvalue weighted by Gasteiger charge is -2.23. The van der Waals surface area contributed by atoms with Gasteiger partial charge in [0.25, 0.3) is 5.91 Å². The molecule has 0 saturated carbocycles. The number of carbonyl (C=O) groups excluding carboxylic acids is 1. The molecule has 1 aromatic rings. The summed E-state index contributed by atoms with van der Waals surface area (Å²) in [6, 6.07) is 3.62. The van der Waals surface area contributed by atoms with Crippen LogP contribution < -0.4 is 10.6 Å². The Balaban J connectivity index is 1.97. The van der Waals surface area contributed by atoms with E-state index < -0.39 is 0 Å². The average Bonchev–Trinajstić information content (AvgIpc) is 2.84. The number of pyridine rings is 1. The van der Waals surface area contributed by atoms with Crippen molar-refractivity contribution in [3.05, 3.63) is 23.9 Å². The van der Waals surface area contributed by atoms with Gasteiger partial charge in [-0.15, -0.1) is 0 Å². The van der Waals surface area contributed by atoms with E-state index in [2.05, 4.69) is 22.5 Å². The van der Waals surface area contributed by atoms with Crippen LogP contribution in [0.5, 0.6) is 0 Å². The first-order chi connectivity index (χ1) is 9.48. The second-order valence-electron chi connectivity index (χ2n) is 5.81. The van der Waals surface area contributed by atoms with E-state index in [-0.39, 0.29) is 17.6 Å². The lowest BCUT2D eigenvalue weighted by atomic mass is 10.0. The second-order valence-corrected chi connectivity index (χ2v) is 5.81. The van der Waals surface area contributed by atoms with E-state index in [9.17, 15) is 4.79 Å². The molecule has 110 valence electrons. The van der Waals surface area contributed by atoms with Crippen LogP contribution >= 0.6 is 0 Å². The Labute approximate surface area is 120 Å². The predicted molar refractivity (Wildman–Crippen MR) is 78.9 cm³/mol. The highest BCUT2D eigenvalue weighted by Gasteiger charge is 2.29. The fourth-order valence-electron chi connectivity index (χ4n) is 2.27. The third-order valence-electron chi connectivity index (χ3n) is 3.39. The molecule has 5 heteroatoms. The van der Waals surface area contributed by atoms with Gasteiger partial charge in [-0.2, -0.15) is 0 Å². The highest BCUT2D eigenvalue weighted by Crippen LogP contribution is 2.25. The van der Waals surface area contributed by atoms with Crippen molar-refractivity contribution in [1.82, 2.24) is 10.3 Å². The predicted octanol–water partition coefficient (Wildman–Crippen LogP) is 2.20. The highest BCUT2D eigenvalue weighted by atomic mass is 16.5. The molecule has 0 aliphatic carbocycles. The fourth-order valence-corrected chi connectivity index (χ4v) is 2.27. The lowest BCUT2D eigenvalue weighted by molar-refractivity contribution is 0.0315. The van der Waals surface area contributed by atoms with Crippen molar-refractivity contribution >= 4 is 11.7 Å². The quantitative estimate of drug-likeness (QED) is 0.866. The molecule has 0 radical (unpaired) electrons. The van der Waals surface area contributed by atoms with Crippen LogP contribution in [0.2, 0.25) is 0 Å². The Kier molecular flexibility index (Phi) is 4.60. The van der Waals surface area contributed by atoms with Gasteiger partial charge in [0.2, 0.25) is 0 Å². The number of anilines is 1. The first-order valence-electron chi connectivity index (χ1n) is 7.13. The molecule has 1 atom stereocenters. The van der Waals surface area contributed by atoms with Crippen molar-refractivity contribution in [3.8, 4) is 0 Å². The van der Waals surface area contributed by atoms with E-state index in [0.717, 1.165) is 19.4 Å². The summed E-state index contributed by atoms with van der Waals surface area (Å²) in [5, 5.41) is 6.13. The minimum absolute atomic E-state index is 0.0752. The van der Waals surface area contributed by atoms with Crippen molar-refractivity contribution in [1.29, 1.82) is 0 Å². The van der Waals surface area contributed by atoms with Crippen LogP contribution in [0.3, 0.4) is 0 Å². The highest BCUT2D eigenvalue weighted by molar-refractivity contribution is 5.94. The van der Waals surface area contributed by atoms with Crippen LogP contribution in [0.4, 0.5) is 5.82 Å². The van der Waals surface area contributed by atoms with Gasteiger partial charge in [-0.3, -0.25) is 4.79 Å². The lowest BCUT2D eigenvalue weighted by Crippen LogP contribution is -2.33. The molecule has 1 aromatic heterocycles. The summed E-state index contributed by atoms with van der Waals surface area (Å²) in [5.74, 6) is 0.631. The second kappa shape index (κ2) is 6.22. The van der Waals surface area contributed by atoms with Gasteiger partial charge in [0, 0.05) is 31.0 Å². The van der Waals surface area contributed by atoms with Crippen LogP contribution in [-0.2, 0) is 4.74 Å². The number of rotatable bonds is 5. The van der Waals surface area contributed by atoms with Crippen molar-refractivity contribution in [2.75, 3.05) is 18.5 Å². The maximum Gasteiger partial charge on any atom is 0.251 e. The zero-order valence-electron chi connectivity index (χ0n) is 12.4. The Morgan fingerprint density at radius 1 is 1.55 bits per heavy atom. The van der Waals surface area contributed by atoms with Gasteiger partial charge >= 0.3 is 0 Å². The monoisotopic (exact) mass is 277 g/mol. The molecule has 5 nitrogen and oxygen atoms in total. The minimum Gasteiger partial charge on any atom is -0.373 e. The maximum absolute atomic E-state index is 11.9. The summed E-state index contributed by atoms with van der Waals surface area (Å²) in [7, 11) is 0. The third-order valence-corrected chi connectivity index (χ3v) is 3.39. The van der Waals surface area contributed by atoms with Crippen molar-refractivity contribution in [2.24, 2.45) is 0 Å². The molecule has 1 saturated heterocycles. The van der Waals surface area contributed by atoms with E-state index >= 15 is 0 Å². The molecule has 1 unspecified atom stereocenters. The Morgan fingerprint density at radius 2 is 2.35 bits per heavy atom. The smallest absolute Gasteiger partial charge is 0.251 e. The largest absolute Gasteiger partial charge is 0.373 e. The van der Waals surface area contributed by atoms with Crippen LogP contribution in [0.1, 0.15) is 44.0 Å².